The minimum absolute atomic E-state index is 0.237. The summed E-state index contributed by atoms with van der Waals surface area (Å²) in [5, 5.41) is 24.4. The van der Waals surface area contributed by atoms with Gasteiger partial charge in [0.15, 0.2) is 5.16 Å². The molecule has 0 saturated carbocycles. The maximum Gasteiger partial charge on any atom is 0.290 e. The second-order valence-corrected chi connectivity index (χ2v) is 7.29. The Labute approximate surface area is 161 Å². The predicted molar refractivity (Wildman–Crippen MR) is 104 cm³/mol. The van der Waals surface area contributed by atoms with Crippen molar-refractivity contribution in [3.8, 4) is 0 Å². The minimum atomic E-state index is -0.671. The summed E-state index contributed by atoms with van der Waals surface area (Å²) in [5.41, 5.74) is 1.13. The van der Waals surface area contributed by atoms with E-state index in [0.717, 1.165) is 22.7 Å². The first-order chi connectivity index (χ1) is 12.9. The van der Waals surface area contributed by atoms with Gasteiger partial charge in [0.05, 0.1) is 26.5 Å². The molecule has 136 valence electrons. The third-order valence-corrected chi connectivity index (χ3v) is 5.44. The number of hydrogen-bond donors (Lipinski definition) is 0. The topological polar surface area (TPSA) is 112 Å². The predicted octanol–water partition coefficient (Wildman–Crippen LogP) is 4.98. The van der Waals surface area contributed by atoms with E-state index in [-0.39, 0.29) is 16.3 Å². The van der Waals surface area contributed by atoms with Crippen LogP contribution in [-0.2, 0) is 0 Å². The summed E-state index contributed by atoms with van der Waals surface area (Å²) in [6.07, 6.45) is 5.35. The fourth-order valence-corrected chi connectivity index (χ4v) is 3.81. The summed E-state index contributed by atoms with van der Waals surface area (Å²) < 4.78 is 0. The van der Waals surface area contributed by atoms with Gasteiger partial charge >= 0.3 is 0 Å². The number of nitro benzene ring substituents is 2. The largest absolute Gasteiger partial charge is 0.290 e. The van der Waals surface area contributed by atoms with Gasteiger partial charge in [-0.05, 0) is 60.0 Å². The van der Waals surface area contributed by atoms with E-state index >= 15 is 0 Å². The lowest BCUT2D eigenvalue weighted by atomic mass is 10.2. The Morgan fingerprint density at radius 2 is 1.93 bits per heavy atom. The highest BCUT2D eigenvalue weighted by atomic mass is 32.2. The average Bonchev–Trinajstić information content (AvgIpc) is 3.05. The van der Waals surface area contributed by atoms with Crippen LogP contribution in [0.5, 0.6) is 0 Å². The molecule has 0 aliphatic heterocycles. The highest BCUT2D eigenvalue weighted by molar-refractivity contribution is 7.99. The SMILES string of the molecule is Cc1ccsc1/C=C/c1ccnc(Sc2ccc([N+](=O)[O-])cc2[N+](=O)[O-])n1. The van der Waals surface area contributed by atoms with Crippen LogP contribution in [-0.4, -0.2) is 19.8 Å². The third-order valence-electron chi connectivity index (χ3n) is 3.51. The molecule has 0 fully saturated rings. The number of hydrogen-bond acceptors (Lipinski definition) is 8. The molecule has 0 saturated heterocycles. The lowest BCUT2D eigenvalue weighted by Crippen LogP contribution is -1.95. The standard InChI is InChI=1S/C17H12N4O4S2/c1-11-7-9-26-15(11)4-2-12-6-8-18-17(19-12)27-16-5-3-13(20(22)23)10-14(16)21(24)25/h2-10H,1H3/b4-2+. The molecule has 3 aromatic rings. The number of aromatic nitrogens is 2. The Morgan fingerprint density at radius 1 is 1.11 bits per heavy atom. The molecule has 0 atom stereocenters. The van der Waals surface area contributed by atoms with Crippen LogP contribution in [0.3, 0.4) is 0 Å². The van der Waals surface area contributed by atoms with Crippen LogP contribution in [0.25, 0.3) is 12.2 Å². The molecular weight excluding hydrogens is 388 g/mol. The molecule has 2 aromatic heterocycles. The fourth-order valence-electron chi connectivity index (χ4n) is 2.16. The fraction of sp³-hybridized carbons (Fsp3) is 0.0588. The number of benzene rings is 1. The van der Waals surface area contributed by atoms with Crippen molar-refractivity contribution in [1.82, 2.24) is 9.97 Å². The van der Waals surface area contributed by atoms with Crippen LogP contribution < -0.4 is 0 Å². The average molecular weight is 400 g/mol. The number of aryl methyl sites for hydroxylation is 1. The van der Waals surface area contributed by atoms with Crippen LogP contribution in [0.15, 0.2) is 52.0 Å². The molecule has 2 heterocycles. The first-order valence-electron chi connectivity index (χ1n) is 7.60. The van der Waals surface area contributed by atoms with E-state index in [1.54, 1.807) is 23.6 Å². The molecule has 27 heavy (non-hydrogen) atoms. The summed E-state index contributed by atoms with van der Waals surface area (Å²) in [6, 6.07) is 7.25. The van der Waals surface area contributed by atoms with Crippen molar-refractivity contribution < 1.29 is 9.85 Å². The van der Waals surface area contributed by atoms with Gasteiger partial charge in [-0.15, -0.1) is 11.3 Å². The molecule has 0 spiro atoms. The first-order valence-corrected chi connectivity index (χ1v) is 9.29. The van der Waals surface area contributed by atoms with E-state index in [0.29, 0.717) is 10.9 Å². The van der Waals surface area contributed by atoms with Crippen molar-refractivity contribution in [1.29, 1.82) is 0 Å². The third kappa shape index (κ3) is 4.54. The molecule has 0 radical (unpaired) electrons. The maximum absolute atomic E-state index is 11.2. The van der Waals surface area contributed by atoms with Crippen LogP contribution in [0.2, 0.25) is 0 Å². The van der Waals surface area contributed by atoms with Crippen LogP contribution >= 0.6 is 23.1 Å². The van der Waals surface area contributed by atoms with Crippen LogP contribution in [0.1, 0.15) is 16.1 Å². The van der Waals surface area contributed by atoms with Crippen LogP contribution in [0, 0.1) is 27.2 Å². The Morgan fingerprint density at radius 3 is 2.59 bits per heavy atom. The molecule has 0 unspecified atom stereocenters. The van der Waals surface area contributed by atoms with E-state index < -0.39 is 9.85 Å². The molecule has 0 bridgehead atoms. The van der Waals surface area contributed by atoms with Gasteiger partial charge in [0.25, 0.3) is 11.4 Å². The zero-order valence-electron chi connectivity index (χ0n) is 13.9. The second-order valence-electron chi connectivity index (χ2n) is 5.33. The van der Waals surface area contributed by atoms with E-state index in [2.05, 4.69) is 9.97 Å². The zero-order chi connectivity index (χ0) is 19.4. The van der Waals surface area contributed by atoms with Crippen molar-refractivity contribution in [2.75, 3.05) is 0 Å². The smallest absolute Gasteiger partial charge is 0.258 e. The zero-order valence-corrected chi connectivity index (χ0v) is 15.6. The second kappa shape index (κ2) is 8.06. The number of nitro groups is 2. The van der Waals surface area contributed by atoms with Gasteiger partial charge in [0.1, 0.15) is 0 Å². The summed E-state index contributed by atoms with van der Waals surface area (Å²) in [4.78, 5) is 30.6. The molecule has 0 N–H and O–H groups in total. The highest BCUT2D eigenvalue weighted by Gasteiger charge is 2.21. The number of thiophene rings is 1. The van der Waals surface area contributed by atoms with Gasteiger partial charge in [-0.1, -0.05) is 0 Å². The van der Waals surface area contributed by atoms with Crippen LogP contribution in [0.4, 0.5) is 11.4 Å². The summed E-state index contributed by atoms with van der Waals surface area (Å²) in [7, 11) is 0. The van der Waals surface area contributed by atoms with Crippen molar-refractivity contribution in [3.05, 3.63) is 78.3 Å². The van der Waals surface area contributed by atoms with Crippen molar-refractivity contribution in [2.45, 2.75) is 17.0 Å². The van der Waals surface area contributed by atoms with E-state index in [4.69, 9.17) is 0 Å². The van der Waals surface area contributed by atoms with Gasteiger partial charge in [0, 0.05) is 17.1 Å². The Hall–Kier alpha value is -3.11. The van der Waals surface area contributed by atoms with E-state index in [1.165, 1.54) is 17.7 Å². The van der Waals surface area contributed by atoms with Gasteiger partial charge in [-0.25, -0.2) is 9.97 Å². The lowest BCUT2D eigenvalue weighted by molar-refractivity contribution is -0.396. The normalized spacial score (nSPS) is 11.0. The molecule has 3 rings (SSSR count). The highest BCUT2D eigenvalue weighted by Crippen LogP contribution is 2.35. The monoisotopic (exact) mass is 400 g/mol. The molecule has 1 aromatic carbocycles. The Kier molecular flexibility index (Phi) is 5.57. The number of non-ortho nitro benzene ring substituents is 1. The van der Waals surface area contributed by atoms with E-state index in [1.807, 2.05) is 30.5 Å². The quantitative estimate of drug-likeness (QED) is 0.325. The van der Waals surface area contributed by atoms with Gasteiger partial charge < -0.3 is 0 Å². The molecule has 8 nitrogen and oxygen atoms in total. The van der Waals surface area contributed by atoms with Crippen molar-refractivity contribution >= 4 is 46.6 Å². The molecular formula is C17H12N4O4S2. The van der Waals surface area contributed by atoms with Crippen molar-refractivity contribution in [2.24, 2.45) is 0 Å². The van der Waals surface area contributed by atoms with Crippen molar-refractivity contribution in [3.63, 3.8) is 0 Å². The summed E-state index contributed by atoms with van der Waals surface area (Å²) >= 11 is 2.60. The molecule has 0 amide bonds. The van der Waals surface area contributed by atoms with Gasteiger partial charge in [-0.3, -0.25) is 20.2 Å². The van der Waals surface area contributed by atoms with E-state index in [9.17, 15) is 20.2 Å². The Balaban J connectivity index is 1.86. The molecule has 0 aliphatic rings. The lowest BCUT2D eigenvalue weighted by Gasteiger charge is -2.03. The molecule has 0 aliphatic carbocycles. The maximum atomic E-state index is 11.2. The molecule has 10 heteroatoms. The minimum Gasteiger partial charge on any atom is -0.258 e. The van der Waals surface area contributed by atoms with Gasteiger partial charge in [-0.2, -0.15) is 0 Å². The summed E-state index contributed by atoms with van der Waals surface area (Å²) in [5.74, 6) is 0. The van der Waals surface area contributed by atoms with Gasteiger partial charge in [0.2, 0.25) is 0 Å². The Bertz CT molecular complexity index is 1050. The first kappa shape index (κ1) is 18.7. The number of rotatable bonds is 6. The number of nitrogens with zero attached hydrogens (tertiary/aromatic N) is 4. The summed E-state index contributed by atoms with van der Waals surface area (Å²) in [6.45, 7) is 2.02.